The van der Waals surface area contributed by atoms with Gasteiger partial charge in [0.15, 0.2) is 0 Å². The molecule has 0 aliphatic heterocycles. The minimum atomic E-state index is -4.41. The van der Waals surface area contributed by atoms with Crippen molar-refractivity contribution in [2.45, 2.75) is 6.18 Å². The third kappa shape index (κ3) is 3.20. The molecule has 5 heteroatoms. The third-order valence-corrected chi connectivity index (χ3v) is 2.90. The fraction of sp³-hybridized carbons (Fsp3) is 0.143. The summed E-state index contributed by atoms with van der Waals surface area (Å²) in [7, 11) is 1.33. The quantitative estimate of drug-likeness (QED) is 0.752. The lowest BCUT2D eigenvalue weighted by molar-refractivity contribution is -0.137. The molecule has 0 fully saturated rings. The standard InChI is InChI=1S/C14H10ClF3O/c1-19-13-7-10(6-11(8-13)14(16,17)18)9-2-4-12(15)5-3-9/h2-8H,1H3. The van der Waals surface area contributed by atoms with E-state index >= 15 is 0 Å². The van der Waals surface area contributed by atoms with Crippen molar-refractivity contribution in [1.29, 1.82) is 0 Å². The molecule has 0 N–H and O–H groups in total. The van der Waals surface area contributed by atoms with Gasteiger partial charge in [0, 0.05) is 5.02 Å². The lowest BCUT2D eigenvalue weighted by Crippen LogP contribution is -2.05. The Labute approximate surface area is 113 Å². The van der Waals surface area contributed by atoms with Crippen LogP contribution in [-0.4, -0.2) is 7.11 Å². The summed E-state index contributed by atoms with van der Waals surface area (Å²) in [5.41, 5.74) is 0.342. The Hall–Kier alpha value is -1.68. The van der Waals surface area contributed by atoms with Gasteiger partial charge in [-0.1, -0.05) is 23.7 Å². The monoisotopic (exact) mass is 286 g/mol. The number of halogens is 4. The molecular formula is C14H10ClF3O. The van der Waals surface area contributed by atoms with Crippen molar-refractivity contribution in [3.8, 4) is 16.9 Å². The molecule has 2 aromatic carbocycles. The molecule has 0 aliphatic rings. The summed E-state index contributed by atoms with van der Waals surface area (Å²) < 4.78 is 43.3. The van der Waals surface area contributed by atoms with E-state index in [9.17, 15) is 13.2 Å². The van der Waals surface area contributed by atoms with Gasteiger partial charge in [-0.2, -0.15) is 13.2 Å². The topological polar surface area (TPSA) is 9.23 Å². The maximum Gasteiger partial charge on any atom is 0.416 e. The van der Waals surface area contributed by atoms with Gasteiger partial charge in [0.25, 0.3) is 0 Å². The summed E-state index contributed by atoms with van der Waals surface area (Å²) in [6.45, 7) is 0. The molecule has 100 valence electrons. The summed E-state index contributed by atoms with van der Waals surface area (Å²) >= 11 is 5.76. The van der Waals surface area contributed by atoms with Gasteiger partial charge in [0.05, 0.1) is 12.7 Å². The van der Waals surface area contributed by atoms with Crippen LogP contribution in [0.1, 0.15) is 5.56 Å². The van der Waals surface area contributed by atoms with Crippen molar-refractivity contribution in [3.05, 3.63) is 53.1 Å². The maximum atomic E-state index is 12.8. The van der Waals surface area contributed by atoms with Crippen LogP contribution in [0, 0.1) is 0 Å². The van der Waals surface area contributed by atoms with E-state index in [1.54, 1.807) is 30.3 Å². The molecule has 0 atom stereocenters. The predicted octanol–water partition coefficient (Wildman–Crippen LogP) is 5.03. The van der Waals surface area contributed by atoms with Gasteiger partial charge in [-0.15, -0.1) is 0 Å². The zero-order chi connectivity index (χ0) is 14.0. The van der Waals surface area contributed by atoms with Crippen molar-refractivity contribution in [2.24, 2.45) is 0 Å². The Balaban J connectivity index is 2.54. The second-order valence-electron chi connectivity index (χ2n) is 3.95. The molecule has 0 bridgehead atoms. The first kappa shape index (κ1) is 13.7. The van der Waals surface area contributed by atoms with Crippen LogP contribution in [0.25, 0.3) is 11.1 Å². The molecule has 0 heterocycles. The minimum Gasteiger partial charge on any atom is -0.497 e. The van der Waals surface area contributed by atoms with Crippen LogP contribution in [0.2, 0.25) is 5.02 Å². The Morgan fingerprint density at radius 1 is 0.947 bits per heavy atom. The highest BCUT2D eigenvalue weighted by Gasteiger charge is 2.31. The molecule has 2 aromatic rings. The molecule has 0 radical (unpaired) electrons. The van der Waals surface area contributed by atoms with Gasteiger partial charge in [-0.05, 0) is 41.5 Å². The second kappa shape index (κ2) is 5.13. The summed E-state index contributed by atoms with van der Waals surface area (Å²) in [6, 6.07) is 10.2. The van der Waals surface area contributed by atoms with Gasteiger partial charge < -0.3 is 4.74 Å². The molecule has 0 amide bonds. The number of ether oxygens (including phenoxy) is 1. The smallest absolute Gasteiger partial charge is 0.416 e. The van der Waals surface area contributed by atoms with Crippen molar-refractivity contribution in [1.82, 2.24) is 0 Å². The minimum absolute atomic E-state index is 0.166. The highest BCUT2D eigenvalue weighted by Crippen LogP contribution is 2.35. The summed E-state index contributed by atoms with van der Waals surface area (Å²) in [4.78, 5) is 0. The highest BCUT2D eigenvalue weighted by molar-refractivity contribution is 6.30. The van der Waals surface area contributed by atoms with Gasteiger partial charge in [-0.25, -0.2) is 0 Å². The van der Waals surface area contributed by atoms with Crippen molar-refractivity contribution in [2.75, 3.05) is 7.11 Å². The van der Waals surface area contributed by atoms with Gasteiger partial charge in [0.1, 0.15) is 5.75 Å². The molecule has 2 rings (SSSR count). The van der Waals surface area contributed by atoms with Gasteiger partial charge in [0.2, 0.25) is 0 Å². The van der Waals surface area contributed by atoms with Crippen LogP contribution < -0.4 is 4.74 Å². The Morgan fingerprint density at radius 3 is 2.11 bits per heavy atom. The van der Waals surface area contributed by atoms with Crippen LogP contribution in [0.4, 0.5) is 13.2 Å². The van der Waals surface area contributed by atoms with E-state index in [2.05, 4.69) is 0 Å². The average Bonchev–Trinajstić information content (AvgIpc) is 2.38. The van der Waals surface area contributed by atoms with Crippen LogP contribution in [0.15, 0.2) is 42.5 Å². The van der Waals surface area contributed by atoms with Gasteiger partial charge >= 0.3 is 6.18 Å². The molecular weight excluding hydrogens is 277 g/mol. The predicted molar refractivity (Wildman–Crippen MR) is 68.4 cm³/mol. The van der Waals surface area contributed by atoms with E-state index in [0.717, 1.165) is 12.1 Å². The first-order valence-electron chi connectivity index (χ1n) is 5.42. The van der Waals surface area contributed by atoms with E-state index in [0.29, 0.717) is 16.1 Å². The van der Waals surface area contributed by atoms with Gasteiger partial charge in [-0.3, -0.25) is 0 Å². The van der Waals surface area contributed by atoms with Crippen molar-refractivity contribution < 1.29 is 17.9 Å². The molecule has 0 saturated carbocycles. The fourth-order valence-electron chi connectivity index (χ4n) is 1.69. The zero-order valence-corrected chi connectivity index (χ0v) is 10.7. The van der Waals surface area contributed by atoms with E-state index in [-0.39, 0.29) is 5.75 Å². The lowest BCUT2D eigenvalue weighted by atomic mass is 10.0. The van der Waals surface area contributed by atoms with E-state index in [1.807, 2.05) is 0 Å². The van der Waals surface area contributed by atoms with E-state index < -0.39 is 11.7 Å². The van der Waals surface area contributed by atoms with Crippen LogP contribution >= 0.6 is 11.6 Å². The van der Waals surface area contributed by atoms with Crippen LogP contribution in [0.3, 0.4) is 0 Å². The second-order valence-corrected chi connectivity index (χ2v) is 4.39. The summed E-state index contributed by atoms with van der Waals surface area (Å²) in [5.74, 6) is 0.166. The Bertz CT molecular complexity index is 576. The normalized spacial score (nSPS) is 11.4. The molecule has 19 heavy (non-hydrogen) atoms. The molecule has 0 saturated heterocycles. The third-order valence-electron chi connectivity index (χ3n) is 2.65. The van der Waals surface area contributed by atoms with E-state index in [1.165, 1.54) is 7.11 Å². The first-order chi connectivity index (χ1) is 8.90. The number of hydrogen-bond donors (Lipinski definition) is 0. The number of alkyl halides is 3. The SMILES string of the molecule is COc1cc(-c2ccc(Cl)cc2)cc(C(F)(F)F)c1. The largest absolute Gasteiger partial charge is 0.497 e. The first-order valence-corrected chi connectivity index (χ1v) is 5.80. The average molecular weight is 287 g/mol. The number of rotatable bonds is 2. The maximum absolute atomic E-state index is 12.8. The zero-order valence-electron chi connectivity index (χ0n) is 9.96. The van der Waals surface area contributed by atoms with E-state index in [4.69, 9.17) is 16.3 Å². The molecule has 0 aromatic heterocycles. The molecule has 0 aliphatic carbocycles. The van der Waals surface area contributed by atoms with Crippen LogP contribution in [0.5, 0.6) is 5.75 Å². The van der Waals surface area contributed by atoms with Crippen molar-refractivity contribution >= 4 is 11.6 Å². The Morgan fingerprint density at radius 2 is 1.58 bits per heavy atom. The number of methoxy groups -OCH3 is 1. The Kier molecular flexibility index (Phi) is 3.71. The number of benzene rings is 2. The molecule has 0 unspecified atom stereocenters. The number of hydrogen-bond acceptors (Lipinski definition) is 1. The fourth-order valence-corrected chi connectivity index (χ4v) is 1.82. The van der Waals surface area contributed by atoms with Crippen LogP contribution in [-0.2, 0) is 6.18 Å². The summed E-state index contributed by atoms with van der Waals surface area (Å²) in [5, 5.41) is 0.530. The highest BCUT2D eigenvalue weighted by atomic mass is 35.5. The molecule has 0 spiro atoms. The summed E-state index contributed by atoms with van der Waals surface area (Å²) in [6.07, 6.45) is -4.41. The van der Waals surface area contributed by atoms with Crippen molar-refractivity contribution in [3.63, 3.8) is 0 Å². The lowest BCUT2D eigenvalue weighted by Gasteiger charge is -2.12. The molecule has 1 nitrogen and oxygen atoms in total.